The Kier molecular flexibility index (Phi) is 4.55. The predicted octanol–water partition coefficient (Wildman–Crippen LogP) is 2.81. The van der Waals surface area contributed by atoms with Gasteiger partial charge in [-0.3, -0.25) is 0 Å². The van der Waals surface area contributed by atoms with Crippen molar-refractivity contribution in [2.75, 3.05) is 5.32 Å². The van der Waals surface area contributed by atoms with Crippen LogP contribution in [0.5, 0.6) is 0 Å². The van der Waals surface area contributed by atoms with E-state index in [1.807, 2.05) is 25.1 Å². The Morgan fingerprint density at radius 3 is 2.75 bits per heavy atom. The van der Waals surface area contributed by atoms with Crippen molar-refractivity contribution < 1.29 is 10.0 Å². The molecule has 0 radical (unpaired) electrons. The van der Waals surface area contributed by atoms with Crippen molar-refractivity contribution in [2.45, 2.75) is 19.8 Å². The van der Waals surface area contributed by atoms with E-state index in [1.54, 1.807) is 24.3 Å². The highest BCUT2D eigenvalue weighted by Crippen LogP contribution is 2.05. The molecule has 1 aromatic heterocycles. The lowest BCUT2D eigenvalue weighted by Gasteiger charge is -2.05. The van der Waals surface area contributed by atoms with Gasteiger partial charge in [0, 0.05) is 11.9 Å². The molecule has 0 aliphatic heterocycles. The van der Waals surface area contributed by atoms with Crippen LogP contribution in [0.3, 0.4) is 0 Å². The smallest absolute Gasteiger partial charge is 0.345 e. The minimum Gasteiger partial charge on any atom is -0.429 e. The topological polar surface area (TPSA) is 66.6 Å². The molecule has 20 heavy (non-hydrogen) atoms. The van der Waals surface area contributed by atoms with Crippen molar-refractivity contribution >= 4 is 11.7 Å². The van der Waals surface area contributed by atoms with E-state index in [2.05, 4.69) is 10.3 Å². The third-order valence-electron chi connectivity index (χ3n) is 2.76. The highest BCUT2D eigenvalue weighted by molar-refractivity contribution is 5.89. The Balaban J connectivity index is 2.18. The third-order valence-corrected chi connectivity index (χ3v) is 2.76. The van der Waals surface area contributed by atoms with Crippen molar-refractivity contribution in [2.24, 2.45) is 4.99 Å². The second-order valence-corrected chi connectivity index (χ2v) is 4.38. The number of nitrogens with zero attached hydrogens (tertiary/aromatic N) is 2. The molecule has 2 rings (SSSR count). The third kappa shape index (κ3) is 3.71. The van der Waals surface area contributed by atoms with Crippen LogP contribution in [0.1, 0.15) is 19.0 Å². The molecule has 1 heterocycles. The van der Waals surface area contributed by atoms with Crippen LogP contribution in [-0.2, 0) is 6.42 Å². The second kappa shape index (κ2) is 6.56. The summed E-state index contributed by atoms with van der Waals surface area (Å²) in [5.41, 5.74) is 1.42. The fraction of sp³-hybridized carbons (Fsp3) is 0.200. The van der Waals surface area contributed by atoms with E-state index >= 15 is 0 Å². The van der Waals surface area contributed by atoms with E-state index in [1.165, 1.54) is 6.20 Å². The standard InChI is InChI=1S/C15H17N3O2/c1-2-6-14-11-13(9-10-18(14)20)17-15(19)16-12-7-4-3-5-8-12/h3-5,7-11,20H,2,6H2,1H3,(H,16,19)/b17-13+. The van der Waals surface area contributed by atoms with Gasteiger partial charge in [-0.2, -0.15) is 9.72 Å². The van der Waals surface area contributed by atoms with Gasteiger partial charge in [-0.1, -0.05) is 31.5 Å². The van der Waals surface area contributed by atoms with Crippen LogP contribution in [0.15, 0.2) is 53.7 Å². The van der Waals surface area contributed by atoms with Gasteiger partial charge in [-0.25, -0.2) is 4.79 Å². The number of urea groups is 1. The molecule has 2 N–H and O–H groups in total. The molecule has 0 saturated heterocycles. The first-order valence-electron chi connectivity index (χ1n) is 6.50. The van der Waals surface area contributed by atoms with Crippen LogP contribution in [0.25, 0.3) is 0 Å². The number of hydrogen-bond acceptors (Lipinski definition) is 2. The lowest BCUT2D eigenvalue weighted by Crippen LogP contribution is -2.15. The number of aromatic nitrogens is 1. The highest BCUT2D eigenvalue weighted by Gasteiger charge is 2.00. The molecule has 0 saturated carbocycles. The first kappa shape index (κ1) is 13.9. The lowest BCUT2D eigenvalue weighted by molar-refractivity contribution is 0.174. The molecule has 0 aliphatic carbocycles. The molecular weight excluding hydrogens is 254 g/mol. The minimum absolute atomic E-state index is 0.436. The van der Waals surface area contributed by atoms with Crippen molar-refractivity contribution in [1.29, 1.82) is 0 Å². The summed E-state index contributed by atoms with van der Waals surface area (Å²) in [4.78, 5) is 15.8. The molecular formula is C15H17N3O2. The van der Waals surface area contributed by atoms with Crippen LogP contribution in [0.4, 0.5) is 10.5 Å². The Labute approximate surface area is 117 Å². The zero-order valence-corrected chi connectivity index (χ0v) is 11.3. The van der Waals surface area contributed by atoms with Gasteiger partial charge < -0.3 is 10.5 Å². The van der Waals surface area contributed by atoms with Gasteiger partial charge in [0.05, 0.1) is 11.1 Å². The van der Waals surface area contributed by atoms with Gasteiger partial charge >= 0.3 is 6.03 Å². The number of anilines is 1. The van der Waals surface area contributed by atoms with Crippen molar-refractivity contribution in [3.05, 3.63) is 59.7 Å². The van der Waals surface area contributed by atoms with E-state index in [0.29, 0.717) is 11.0 Å². The number of pyridine rings is 1. The number of amides is 2. The molecule has 0 spiro atoms. The molecule has 0 unspecified atom stereocenters. The van der Waals surface area contributed by atoms with Crippen molar-refractivity contribution in [3.8, 4) is 0 Å². The van der Waals surface area contributed by atoms with Gasteiger partial charge in [0.15, 0.2) is 0 Å². The van der Waals surface area contributed by atoms with E-state index < -0.39 is 6.03 Å². The average molecular weight is 271 g/mol. The first-order valence-corrected chi connectivity index (χ1v) is 6.50. The fourth-order valence-electron chi connectivity index (χ4n) is 1.83. The van der Waals surface area contributed by atoms with Gasteiger partial charge in [-0.05, 0) is 30.7 Å². The maximum Gasteiger partial charge on any atom is 0.345 e. The van der Waals surface area contributed by atoms with Gasteiger partial charge in [0.25, 0.3) is 0 Å². The number of carbonyl (C=O) groups excluding carboxylic acids is 1. The van der Waals surface area contributed by atoms with Crippen LogP contribution >= 0.6 is 0 Å². The quantitative estimate of drug-likeness (QED) is 0.843. The Hall–Kier alpha value is -2.56. The molecule has 104 valence electrons. The monoisotopic (exact) mass is 271 g/mol. The summed E-state index contributed by atoms with van der Waals surface area (Å²) in [5.74, 6) is 0. The largest absolute Gasteiger partial charge is 0.429 e. The van der Waals surface area contributed by atoms with Crippen LogP contribution < -0.4 is 10.7 Å². The number of benzene rings is 1. The van der Waals surface area contributed by atoms with E-state index in [4.69, 9.17) is 0 Å². The van der Waals surface area contributed by atoms with Gasteiger partial charge in [0.1, 0.15) is 0 Å². The molecule has 2 amide bonds. The number of rotatable bonds is 3. The average Bonchev–Trinajstić information content (AvgIpc) is 2.44. The summed E-state index contributed by atoms with van der Waals surface area (Å²) in [7, 11) is 0. The summed E-state index contributed by atoms with van der Waals surface area (Å²) in [6.07, 6.45) is 3.11. The molecule has 0 fully saturated rings. The minimum atomic E-state index is -0.436. The summed E-state index contributed by atoms with van der Waals surface area (Å²) < 4.78 is 1.05. The number of nitrogens with one attached hydrogen (secondary N) is 1. The number of aryl methyl sites for hydroxylation is 1. The number of carbonyl (C=O) groups is 1. The Bertz CT molecular complexity index is 648. The molecule has 0 aliphatic rings. The van der Waals surface area contributed by atoms with Crippen molar-refractivity contribution in [1.82, 2.24) is 4.73 Å². The normalized spacial score (nSPS) is 11.3. The molecule has 0 bridgehead atoms. The summed E-state index contributed by atoms with van der Waals surface area (Å²) in [6, 6.07) is 12.0. The maximum absolute atomic E-state index is 11.8. The summed E-state index contributed by atoms with van der Waals surface area (Å²) >= 11 is 0. The Morgan fingerprint density at radius 2 is 2.05 bits per heavy atom. The number of hydrogen-bond donors (Lipinski definition) is 2. The van der Waals surface area contributed by atoms with E-state index in [9.17, 15) is 10.0 Å². The summed E-state index contributed by atoms with van der Waals surface area (Å²) in [5, 5.41) is 12.8. The fourth-order valence-corrected chi connectivity index (χ4v) is 1.83. The maximum atomic E-state index is 11.8. The first-order chi connectivity index (χ1) is 9.69. The zero-order chi connectivity index (χ0) is 14.4. The van der Waals surface area contributed by atoms with E-state index in [-0.39, 0.29) is 0 Å². The van der Waals surface area contributed by atoms with E-state index in [0.717, 1.165) is 23.3 Å². The predicted molar refractivity (Wildman–Crippen MR) is 76.6 cm³/mol. The SMILES string of the molecule is CCCc1c/c(=N/C(=O)Nc2ccccc2)ccn1O. The lowest BCUT2D eigenvalue weighted by atomic mass is 10.2. The molecule has 5 heteroatoms. The van der Waals surface area contributed by atoms with Gasteiger partial charge in [-0.15, -0.1) is 0 Å². The van der Waals surface area contributed by atoms with Crippen LogP contribution in [-0.4, -0.2) is 16.0 Å². The zero-order valence-electron chi connectivity index (χ0n) is 11.3. The van der Waals surface area contributed by atoms with Gasteiger partial charge in [0.2, 0.25) is 0 Å². The second-order valence-electron chi connectivity index (χ2n) is 4.38. The van der Waals surface area contributed by atoms with Crippen LogP contribution in [0, 0.1) is 0 Å². The van der Waals surface area contributed by atoms with Crippen molar-refractivity contribution in [3.63, 3.8) is 0 Å². The molecule has 2 aromatic rings. The molecule has 0 atom stereocenters. The van der Waals surface area contributed by atoms with Crippen LogP contribution in [0.2, 0.25) is 0 Å². The highest BCUT2D eigenvalue weighted by atomic mass is 16.5. The molecule has 5 nitrogen and oxygen atoms in total. The molecule has 1 aromatic carbocycles. The number of para-hydroxylation sites is 1. The Morgan fingerprint density at radius 1 is 1.30 bits per heavy atom. The summed E-state index contributed by atoms with van der Waals surface area (Å²) in [6.45, 7) is 2.02.